The highest BCUT2D eigenvalue weighted by molar-refractivity contribution is 5.53. The Hall–Kier alpha value is -1.22. The van der Waals surface area contributed by atoms with Crippen molar-refractivity contribution in [3.8, 4) is 0 Å². The van der Waals surface area contributed by atoms with Crippen LogP contribution in [0.2, 0.25) is 0 Å². The fraction of sp³-hybridized carbons (Fsp3) is 0.273. The van der Waals surface area contributed by atoms with Gasteiger partial charge >= 0.3 is 0 Å². The van der Waals surface area contributed by atoms with Crippen LogP contribution in [0, 0.1) is 11.6 Å². The number of benzene rings is 1. The Balaban J connectivity index is 3.03. The first-order chi connectivity index (χ1) is 6.50. The standard InChI is InChI=1S/C11H12F2O/c1-7(8(2)14)5-9-3-4-10(12)6-11(9)13/h3-6,8,14H,1-2H3/b7-5+. The van der Waals surface area contributed by atoms with E-state index >= 15 is 0 Å². The molecule has 0 spiro atoms. The lowest BCUT2D eigenvalue weighted by molar-refractivity contribution is 0.232. The topological polar surface area (TPSA) is 20.2 Å². The van der Waals surface area contributed by atoms with Crippen LogP contribution in [0.4, 0.5) is 8.78 Å². The second kappa shape index (κ2) is 4.33. The molecule has 1 aromatic rings. The van der Waals surface area contributed by atoms with E-state index < -0.39 is 17.7 Å². The van der Waals surface area contributed by atoms with Gasteiger partial charge in [0.15, 0.2) is 0 Å². The molecule has 0 saturated carbocycles. The lowest BCUT2D eigenvalue weighted by Gasteiger charge is -2.04. The van der Waals surface area contributed by atoms with Crippen molar-refractivity contribution in [1.29, 1.82) is 0 Å². The maximum absolute atomic E-state index is 13.1. The van der Waals surface area contributed by atoms with Gasteiger partial charge in [-0.05, 0) is 31.6 Å². The third-order valence-corrected chi connectivity index (χ3v) is 2.00. The van der Waals surface area contributed by atoms with Crippen LogP contribution in [0.5, 0.6) is 0 Å². The molecule has 0 fully saturated rings. The van der Waals surface area contributed by atoms with Gasteiger partial charge in [-0.15, -0.1) is 0 Å². The minimum absolute atomic E-state index is 0.282. The maximum Gasteiger partial charge on any atom is 0.133 e. The Morgan fingerprint density at radius 2 is 2.07 bits per heavy atom. The molecule has 14 heavy (non-hydrogen) atoms. The van der Waals surface area contributed by atoms with Crippen LogP contribution >= 0.6 is 0 Å². The van der Waals surface area contributed by atoms with Crippen LogP contribution in [0.25, 0.3) is 6.08 Å². The summed E-state index contributed by atoms with van der Waals surface area (Å²) in [7, 11) is 0. The molecule has 1 unspecified atom stereocenters. The number of halogens is 2. The fourth-order valence-electron chi connectivity index (χ4n) is 0.984. The summed E-state index contributed by atoms with van der Waals surface area (Å²) in [6, 6.07) is 3.35. The Kier molecular flexibility index (Phi) is 3.36. The molecule has 1 aromatic carbocycles. The molecule has 0 amide bonds. The van der Waals surface area contributed by atoms with E-state index in [2.05, 4.69) is 0 Å². The van der Waals surface area contributed by atoms with Crippen LogP contribution in [0.3, 0.4) is 0 Å². The summed E-state index contributed by atoms with van der Waals surface area (Å²) < 4.78 is 25.6. The number of hydrogen-bond acceptors (Lipinski definition) is 1. The van der Waals surface area contributed by atoms with Crippen LogP contribution in [-0.2, 0) is 0 Å². The molecular formula is C11H12F2O. The van der Waals surface area contributed by atoms with Crippen molar-refractivity contribution >= 4 is 6.08 Å². The predicted molar refractivity (Wildman–Crippen MR) is 51.7 cm³/mol. The summed E-state index contributed by atoms with van der Waals surface area (Å²) >= 11 is 0. The number of hydrogen-bond donors (Lipinski definition) is 1. The van der Waals surface area contributed by atoms with Gasteiger partial charge in [0.25, 0.3) is 0 Å². The molecule has 1 nitrogen and oxygen atoms in total. The van der Waals surface area contributed by atoms with E-state index in [0.29, 0.717) is 5.57 Å². The Morgan fingerprint density at radius 1 is 1.43 bits per heavy atom. The first kappa shape index (κ1) is 10.9. The van der Waals surface area contributed by atoms with Crippen LogP contribution in [0.1, 0.15) is 19.4 Å². The summed E-state index contributed by atoms with van der Waals surface area (Å²) in [6.07, 6.45) is 0.874. The van der Waals surface area contributed by atoms with Gasteiger partial charge in [0.1, 0.15) is 11.6 Å². The molecular weight excluding hydrogens is 186 g/mol. The van der Waals surface area contributed by atoms with Crippen molar-refractivity contribution in [2.24, 2.45) is 0 Å². The monoisotopic (exact) mass is 198 g/mol. The highest BCUT2D eigenvalue weighted by Gasteiger charge is 2.03. The van der Waals surface area contributed by atoms with Crippen molar-refractivity contribution < 1.29 is 13.9 Å². The molecule has 0 aliphatic heterocycles. The predicted octanol–water partition coefficient (Wildman–Crippen LogP) is 2.75. The van der Waals surface area contributed by atoms with Gasteiger partial charge in [-0.2, -0.15) is 0 Å². The van der Waals surface area contributed by atoms with E-state index in [4.69, 9.17) is 5.11 Å². The number of aliphatic hydroxyl groups is 1. The number of rotatable bonds is 2. The zero-order valence-electron chi connectivity index (χ0n) is 8.09. The van der Waals surface area contributed by atoms with E-state index in [9.17, 15) is 8.78 Å². The minimum atomic E-state index is -0.626. The molecule has 0 heterocycles. The van der Waals surface area contributed by atoms with Gasteiger partial charge in [-0.3, -0.25) is 0 Å². The first-order valence-electron chi connectivity index (χ1n) is 4.32. The summed E-state index contributed by atoms with van der Waals surface area (Å²) in [6.45, 7) is 3.28. The average Bonchev–Trinajstić information content (AvgIpc) is 2.09. The van der Waals surface area contributed by atoms with E-state index in [1.54, 1.807) is 13.8 Å². The van der Waals surface area contributed by atoms with Gasteiger partial charge < -0.3 is 5.11 Å². The average molecular weight is 198 g/mol. The molecule has 1 rings (SSSR count). The summed E-state index contributed by atoms with van der Waals surface area (Å²) in [5.41, 5.74) is 0.917. The molecule has 3 heteroatoms. The lowest BCUT2D eigenvalue weighted by atomic mass is 10.1. The Morgan fingerprint density at radius 3 is 2.57 bits per heavy atom. The zero-order chi connectivity index (χ0) is 10.7. The highest BCUT2D eigenvalue weighted by atomic mass is 19.1. The normalized spacial score (nSPS) is 14.2. The smallest absolute Gasteiger partial charge is 0.133 e. The van der Waals surface area contributed by atoms with Gasteiger partial charge in [-0.1, -0.05) is 6.08 Å². The molecule has 0 radical (unpaired) electrons. The zero-order valence-corrected chi connectivity index (χ0v) is 8.09. The maximum atomic E-state index is 13.1. The molecule has 0 aliphatic rings. The molecule has 0 bridgehead atoms. The minimum Gasteiger partial charge on any atom is -0.389 e. The lowest BCUT2D eigenvalue weighted by Crippen LogP contribution is -2.00. The van der Waals surface area contributed by atoms with Crippen molar-refractivity contribution in [3.05, 3.63) is 41.0 Å². The molecule has 1 N–H and O–H groups in total. The van der Waals surface area contributed by atoms with Gasteiger partial charge in [0.05, 0.1) is 6.10 Å². The van der Waals surface area contributed by atoms with Crippen molar-refractivity contribution in [2.75, 3.05) is 0 Å². The second-order valence-electron chi connectivity index (χ2n) is 3.23. The fourth-order valence-corrected chi connectivity index (χ4v) is 0.984. The van der Waals surface area contributed by atoms with Gasteiger partial charge in [0.2, 0.25) is 0 Å². The van der Waals surface area contributed by atoms with Crippen LogP contribution in [0.15, 0.2) is 23.8 Å². The molecule has 0 saturated heterocycles. The van der Waals surface area contributed by atoms with E-state index in [1.165, 1.54) is 18.2 Å². The van der Waals surface area contributed by atoms with Crippen molar-refractivity contribution in [1.82, 2.24) is 0 Å². The largest absolute Gasteiger partial charge is 0.389 e. The second-order valence-corrected chi connectivity index (χ2v) is 3.23. The van der Waals surface area contributed by atoms with Gasteiger partial charge in [-0.25, -0.2) is 8.78 Å². The molecule has 1 atom stereocenters. The Bertz CT molecular complexity index is 356. The molecule has 0 aromatic heterocycles. The number of aliphatic hydroxyl groups excluding tert-OH is 1. The van der Waals surface area contributed by atoms with Crippen LogP contribution in [-0.4, -0.2) is 11.2 Å². The van der Waals surface area contributed by atoms with E-state index in [0.717, 1.165) is 6.07 Å². The molecule has 76 valence electrons. The summed E-state index contributed by atoms with van der Waals surface area (Å²) in [5, 5.41) is 9.16. The molecule has 0 aliphatic carbocycles. The van der Waals surface area contributed by atoms with E-state index in [-0.39, 0.29) is 5.56 Å². The highest BCUT2D eigenvalue weighted by Crippen LogP contribution is 2.14. The van der Waals surface area contributed by atoms with Crippen molar-refractivity contribution in [2.45, 2.75) is 20.0 Å². The van der Waals surface area contributed by atoms with Gasteiger partial charge in [0, 0.05) is 11.6 Å². The summed E-state index contributed by atoms with van der Waals surface area (Å²) in [4.78, 5) is 0. The van der Waals surface area contributed by atoms with E-state index in [1.807, 2.05) is 0 Å². The SMILES string of the molecule is C/C(=C\c1ccc(F)cc1F)C(C)O. The van der Waals surface area contributed by atoms with Crippen LogP contribution < -0.4 is 0 Å². The Labute approximate surface area is 81.7 Å². The summed E-state index contributed by atoms with van der Waals surface area (Å²) in [5.74, 6) is -1.22. The first-order valence-corrected chi connectivity index (χ1v) is 4.32. The third-order valence-electron chi connectivity index (χ3n) is 2.00. The third kappa shape index (κ3) is 2.64. The quantitative estimate of drug-likeness (QED) is 0.774. The van der Waals surface area contributed by atoms with Crippen molar-refractivity contribution in [3.63, 3.8) is 0 Å².